The van der Waals surface area contributed by atoms with E-state index in [-0.39, 0.29) is 17.1 Å². The van der Waals surface area contributed by atoms with E-state index in [4.69, 9.17) is 4.98 Å². The fraction of sp³-hybridized carbons (Fsp3) is 0.250. The molecule has 33 heavy (non-hydrogen) atoms. The molecule has 0 fully saturated rings. The number of aromatic nitrogens is 2. The molecule has 1 heterocycles. The molecule has 1 atom stereocenters. The molecular weight excluding hydrogens is 428 g/mol. The molecule has 4 nitrogen and oxygen atoms in total. The molecule has 0 N–H and O–H groups in total. The molecule has 4 aromatic rings. The minimum atomic E-state index is -0.126. The zero-order valence-electron chi connectivity index (χ0n) is 19.5. The molecule has 0 aliphatic carbocycles. The standard InChI is InChI=1S/C28H28N2O2S/c1-5-19(3)21-12-14-22(15-13-21)30-27(32)23-8-6-7-9-25(23)29-28(30)33-17-26(31)24-16-18(2)10-11-20(24)4/h6-16,19H,5,17H2,1-4H3. The number of aryl methyl sites for hydroxylation is 2. The van der Waals surface area contributed by atoms with E-state index in [1.165, 1.54) is 17.3 Å². The summed E-state index contributed by atoms with van der Waals surface area (Å²) in [6.45, 7) is 8.28. The number of benzene rings is 3. The van der Waals surface area contributed by atoms with Crippen molar-refractivity contribution < 1.29 is 4.79 Å². The molecule has 0 saturated carbocycles. The Morgan fingerprint density at radius 1 is 1.03 bits per heavy atom. The first-order chi connectivity index (χ1) is 15.9. The quantitative estimate of drug-likeness (QED) is 0.181. The summed E-state index contributed by atoms with van der Waals surface area (Å²) in [5.41, 5.74) is 5.23. The zero-order valence-corrected chi connectivity index (χ0v) is 20.3. The van der Waals surface area contributed by atoms with Crippen LogP contribution in [-0.2, 0) is 0 Å². The summed E-state index contributed by atoms with van der Waals surface area (Å²) < 4.78 is 1.63. The largest absolute Gasteiger partial charge is 0.293 e. The van der Waals surface area contributed by atoms with Gasteiger partial charge in [0.25, 0.3) is 5.56 Å². The van der Waals surface area contributed by atoms with E-state index < -0.39 is 0 Å². The maximum Gasteiger partial charge on any atom is 0.266 e. The van der Waals surface area contributed by atoms with E-state index in [2.05, 4.69) is 26.0 Å². The van der Waals surface area contributed by atoms with Crippen molar-refractivity contribution in [2.45, 2.75) is 45.2 Å². The number of thioether (sulfide) groups is 1. The van der Waals surface area contributed by atoms with Crippen LogP contribution in [0.25, 0.3) is 16.6 Å². The smallest absolute Gasteiger partial charge is 0.266 e. The Kier molecular flexibility index (Phi) is 6.80. The van der Waals surface area contributed by atoms with Crippen molar-refractivity contribution >= 4 is 28.4 Å². The summed E-state index contributed by atoms with van der Waals surface area (Å²) in [6.07, 6.45) is 1.05. The van der Waals surface area contributed by atoms with Crippen LogP contribution in [-0.4, -0.2) is 21.1 Å². The molecule has 0 radical (unpaired) electrons. The van der Waals surface area contributed by atoms with Gasteiger partial charge in [-0.15, -0.1) is 0 Å². The van der Waals surface area contributed by atoms with Gasteiger partial charge >= 0.3 is 0 Å². The maximum atomic E-state index is 13.5. The van der Waals surface area contributed by atoms with Crippen LogP contribution in [0.15, 0.2) is 76.7 Å². The van der Waals surface area contributed by atoms with Gasteiger partial charge in [-0.2, -0.15) is 0 Å². The molecule has 0 aliphatic rings. The summed E-state index contributed by atoms with van der Waals surface area (Å²) in [7, 11) is 0. The number of para-hydroxylation sites is 1. The summed E-state index contributed by atoms with van der Waals surface area (Å²) in [4.78, 5) is 31.2. The lowest BCUT2D eigenvalue weighted by atomic mass is 9.98. The minimum Gasteiger partial charge on any atom is -0.293 e. The number of ketones is 1. The van der Waals surface area contributed by atoms with E-state index in [1.54, 1.807) is 10.6 Å². The van der Waals surface area contributed by atoms with Gasteiger partial charge in [-0.1, -0.05) is 67.6 Å². The predicted molar refractivity (Wildman–Crippen MR) is 137 cm³/mol. The number of nitrogens with zero attached hydrogens (tertiary/aromatic N) is 2. The highest BCUT2D eigenvalue weighted by atomic mass is 32.2. The molecule has 1 unspecified atom stereocenters. The Balaban J connectivity index is 1.75. The lowest BCUT2D eigenvalue weighted by Crippen LogP contribution is -2.22. The molecule has 0 bridgehead atoms. The second-order valence-electron chi connectivity index (χ2n) is 8.48. The van der Waals surface area contributed by atoms with Gasteiger partial charge in [0.15, 0.2) is 10.9 Å². The number of hydrogen-bond donors (Lipinski definition) is 0. The SMILES string of the molecule is CCC(C)c1ccc(-n2c(SCC(=O)c3cc(C)ccc3C)nc3ccccc3c2=O)cc1. The monoisotopic (exact) mass is 456 g/mol. The van der Waals surface area contributed by atoms with Crippen molar-refractivity contribution in [3.05, 3.63) is 99.3 Å². The third kappa shape index (κ3) is 4.79. The van der Waals surface area contributed by atoms with Crippen molar-refractivity contribution in [2.24, 2.45) is 0 Å². The number of hydrogen-bond acceptors (Lipinski definition) is 4. The number of rotatable bonds is 7. The molecule has 4 rings (SSSR count). The van der Waals surface area contributed by atoms with Gasteiger partial charge in [0, 0.05) is 5.56 Å². The summed E-state index contributed by atoms with van der Waals surface area (Å²) in [6, 6.07) is 21.3. The Bertz CT molecular complexity index is 1370. The fourth-order valence-corrected chi connectivity index (χ4v) is 4.76. The number of carbonyl (C=O) groups excluding carboxylic acids is 1. The molecule has 3 aromatic carbocycles. The summed E-state index contributed by atoms with van der Waals surface area (Å²) in [5, 5.41) is 1.09. The van der Waals surface area contributed by atoms with Crippen LogP contribution in [0.1, 0.15) is 53.2 Å². The van der Waals surface area contributed by atoms with E-state index in [0.717, 1.165) is 28.8 Å². The molecule has 0 spiro atoms. The average molecular weight is 457 g/mol. The predicted octanol–water partition coefficient (Wildman–Crippen LogP) is 6.49. The van der Waals surface area contributed by atoms with Gasteiger partial charge in [-0.05, 0) is 67.6 Å². The summed E-state index contributed by atoms with van der Waals surface area (Å²) >= 11 is 1.31. The normalized spacial score (nSPS) is 12.1. The Morgan fingerprint density at radius 3 is 2.48 bits per heavy atom. The van der Waals surface area contributed by atoms with Crippen LogP contribution in [0.3, 0.4) is 0 Å². The maximum absolute atomic E-state index is 13.5. The highest BCUT2D eigenvalue weighted by Crippen LogP contribution is 2.25. The lowest BCUT2D eigenvalue weighted by molar-refractivity contribution is 0.102. The van der Waals surface area contributed by atoms with Crippen LogP contribution >= 0.6 is 11.8 Å². The van der Waals surface area contributed by atoms with E-state index in [0.29, 0.717) is 22.0 Å². The topological polar surface area (TPSA) is 52.0 Å². The Hall–Kier alpha value is -3.18. The van der Waals surface area contributed by atoms with E-state index in [9.17, 15) is 9.59 Å². The van der Waals surface area contributed by atoms with E-state index >= 15 is 0 Å². The third-order valence-electron chi connectivity index (χ3n) is 6.10. The molecule has 5 heteroatoms. The van der Waals surface area contributed by atoms with Crippen LogP contribution in [0.5, 0.6) is 0 Å². The molecule has 1 aromatic heterocycles. The van der Waals surface area contributed by atoms with Crippen LogP contribution in [0, 0.1) is 13.8 Å². The van der Waals surface area contributed by atoms with Crippen molar-refractivity contribution in [1.82, 2.24) is 9.55 Å². The van der Waals surface area contributed by atoms with Gasteiger partial charge < -0.3 is 0 Å². The average Bonchev–Trinajstić information content (AvgIpc) is 2.83. The number of carbonyl (C=O) groups is 1. The van der Waals surface area contributed by atoms with Crippen LogP contribution in [0.2, 0.25) is 0 Å². The Labute approximate surface area is 198 Å². The van der Waals surface area contributed by atoms with E-state index in [1.807, 2.05) is 62.4 Å². The highest BCUT2D eigenvalue weighted by molar-refractivity contribution is 7.99. The molecule has 168 valence electrons. The van der Waals surface area contributed by atoms with Crippen LogP contribution in [0.4, 0.5) is 0 Å². The van der Waals surface area contributed by atoms with Gasteiger partial charge in [-0.3, -0.25) is 14.2 Å². The fourth-order valence-electron chi connectivity index (χ4n) is 3.87. The highest BCUT2D eigenvalue weighted by Gasteiger charge is 2.17. The van der Waals surface area contributed by atoms with Gasteiger partial charge in [0.2, 0.25) is 0 Å². The van der Waals surface area contributed by atoms with Crippen molar-refractivity contribution in [1.29, 1.82) is 0 Å². The number of Topliss-reactive ketones (excluding diaryl/α,β-unsaturated/α-hetero) is 1. The molecular formula is C28H28N2O2S. The lowest BCUT2D eigenvalue weighted by Gasteiger charge is -2.15. The van der Waals surface area contributed by atoms with Gasteiger partial charge in [-0.25, -0.2) is 4.98 Å². The van der Waals surface area contributed by atoms with Crippen molar-refractivity contribution in [3.63, 3.8) is 0 Å². The Morgan fingerprint density at radius 2 is 1.76 bits per heavy atom. The minimum absolute atomic E-state index is 0.0299. The van der Waals surface area contributed by atoms with Crippen molar-refractivity contribution in [2.75, 3.05) is 5.75 Å². The second-order valence-corrected chi connectivity index (χ2v) is 9.43. The first-order valence-electron chi connectivity index (χ1n) is 11.2. The molecule has 0 saturated heterocycles. The third-order valence-corrected chi connectivity index (χ3v) is 7.04. The summed E-state index contributed by atoms with van der Waals surface area (Å²) in [5.74, 6) is 0.692. The molecule has 0 amide bonds. The van der Waals surface area contributed by atoms with Gasteiger partial charge in [0.05, 0.1) is 22.3 Å². The van der Waals surface area contributed by atoms with Crippen molar-refractivity contribution in [3.8, 4) is 5.69 Å². The molecule has 0 aliphatic heterocycles. The second kappa shape index (κ2) is 9.75. The number of fused-ring (bicyclic) bond motifs is 1. The van der Waals surface area contributed by atoms with Gasteiger partial charge in [0.1, 0.15) is 0 Å². The van der Waals surface area contributed by atoms with Crippen LogP contribution < -0.4 is 5.56 Å². The first-order valence-corrected chi connectivity index (χ1v) is 12.2. The first kappa shape index (κ1) is 23.0. The zero-order chi connectivity index (χ0) is 23.5.